The Morgan fingerprint density at radius 1 is 1.21 bits per heavy atom. The summed E-state index contributed by atoms with van der Waals surface area (Å²) in [6.07, 6.45) is -3.45. The van der Waals surface area contributed by atoms with Gasteiger partial charge in [-0.1, -0.05) is 30.3 Å². The number of nitrogens with one attached hydrogen (secondary N) is 1. The summed E-state index contributed by atoms with van der Waals surface area (Å²) in [5, 5.41) is 2.82. The monoisotopic (exact) mass is 338 g/mol. The van der Waals surface area contributed by atoms with Gasteiger partial charge in [-0.2, -0.15) is 13.2 Å². The second-order valence-electron chi connectivity index (χ2n) is 5.36. The van der Waals surface area contributed by atoms with Crippen molar-refractivity contribution >= 4 is 11.9 Å². The Bertz CT molecular complexity index is 689. The Morgan fingerprint density at radius 3 is 2.46 bits per heavy atom. The third-order valence-electron chi connectivity index (χ3n) is 3.33. The average Bonchev–Trinajstić information content (AvgIpc) is 2.54. The van der Waals surface area contributed by atoms with Crippen LogP contribution in [0, 0.1) is 0 Å². The molecule has 1 amide bonds. The number of nitrogens with zero attached hydrogens (tertiary/aromatic N) is 3. The third-order valence-corrected chi connectivity index (χ3v) is 3.33. The predicted octanol–water partition coefficient (Wildman–Crippen LogP) is 3.13. The van der Waals surface area contributed by atoms with E-state index in [4.69, 9.17) is 0 Å². The molecule has 1 unspecified atom stereocenters. The molecule has 0 aliphatic heterocycles. The lowest BCUT2D eigenvalue weighted by Crippen LogP contribution is -2.26. The molecule has 24 heavy (non-hydrogen) atoms. The van der Waals surface area contributed by atoms with Crippen LogP contribution in [0.3, 0.4) is 0 Å². The van der Waals surface area contributed by atoms with E-state index in [-0.39, 0.29) is 18.3 Å². The van der Waals surface area contributed by atoms with E-state index in [0.29, 0.717) is 0 Å². The molecule has 0 saturated heterocycles. The number of anilines is 1. The molecule has 1 N–H and O–H groups in total. The molecule has 0 saturated carbocycles. The largest absolute Gasteiger partial charge is 0.433 e. The Balaban J connectivity index is 2.27. The van der Waals surface area contributed by atoms with Crippen LogP contribution in [0.1, 0.15) is 23.7 Å². The first-order valence-corrected chi connectivity index (χ1v) is 7.19. The summed E-state index contributed by atoms with van der Waals surface area (Å²) in [4.78, 5) is 20.7. The maximum atomic E-state index is 12.8. The number of hydrogen-bond acceptors (Lipinski definition) is 4. The van der Waals surface area contributed by atoms with E-state index in [1.54, 1.807) is 38.4 Å². The second kappa shape index (κ2) is 7.29. The van der Waals surface area contributed by atoms with E-state index < -0.39 is 17.9 Å². The normalized spacial score (nSPS) is 12.5. The zero-order valence-corrected chi connectivity index (χ0v) is 13.2. The lowest BCUT2D eigenvalue weighted by Gasteiger charge is -2.21. The van der Waals surface area contributed by atoms with Crippen LogP contribution in [0.25, 0.3) is 0 Å². The second-order valence-corrected chi connectivity index (χ2v) is 5.36. The molecule has 8 heteroatoms. The van der Waals surface area contributed by atoms with Crippen LogP contribution < -0.4 is 5.32 Å². The van der Waals surface area contributed by atoms with E-state index in [2.05, 4.69) is 15.3 Å². The molecule has 0 radical (unpaired) electrons. The number of hydrogen-bond donors (Lipinski definition) is 1. The molecule has 0 aliphatic carbocycles. The van der Waals surface area contributed by atoms with Crippen molar-refractivity contribution in [2.75, 3.05) is 19.4 Å². The Morgan fingerprint density at radius 2 is 1.88 bits per heavy atom. The molecule has 1 aromatic carbocycles. The van der Waals surface area contributed by atoms with E-state index >= 15 is 0 Å². The smallest absolute Gasteiger partial charge is 0.349 e. The van der Waals surface area contributed by atoms with Gasteiger partial charge >= 0.3 is 6.18 Å². The highest BCUT2D eigenvalue weighted by Crippen LogP contribution is 2.28. The highest BCUT2D eigenvalue weighted by molar-refractivity contribution is 5.76. The summed E-state index contributed by atoms with van der Waals surface area (Å²) < 4.78 is 38.3. The van der Waals surface area contributed by atoms with Gasteiger partial charge in [-0.05, 0) is 11.6 Å². The molecule has 2 rings (SSSR count). The van der Waals surface area contributed by atoms with E-state index in [1.165, 1.54) is 4.90 Å². The predicted molar refractivity (Wildman–Crippen MR) is 83.2 cm³/mol. The van der Waals surface area contributed by atoms with Crippen LogP contribution in [0.4, 0.5) is 19.1 Å². The number of amides is 1. The number of aromatic nitrogens is 2. The maximum Gasteiger partial charge on any atom is 0.433 e. The molecule has 0 aliphatic rings. The maximum absolute atomic E-state index is 12.8. The molecule has 1 heterocycles. The minimum atomic E-state index is -4.55. The molecular formula is C16H17F3N4O. The number of carbonyl (C=O) groups is 1. The average molecular weight is 338 g/mol. The topological polar surface area (TPSA) is 58.1 Å². The van der Waals surface area contributed by atoms with Crippen molar-refractivity contribution in [2.45, 2.75) is 18.6 Å². The van der Waals surface area contributed by atoms with Crippen molar-refractivity contribution in [2.24, 2.45) is 0 Å². The van der Waals surface area contributed by atoms with Gasteiger partial charge in [0.2, 0.25) is 11.9 Å². The van der Waals surface area contributed by atoms with Gasteiger partial charge in [0, 0.05) is 20.3 Å². The molecule has 0 bridgehead atoms. The van der Waals surface area contributed by atoms with Crippen LogP contribution in [0.2, 0.25) is 0 Å². The van der Waals surface area contributed by atoms with Crippen LogP contribution >= 0.6 is 0 Å². The lowest BCUT2D eigenvalue weighted by atomic mass is 10.0. The van der Waals surface area contributed by atoms with Crippen LogP contribution in [0.15, 0.2) is 42.6 Å². The molecule has 2 aromatic rings. The van der Waals surface area contributed by atoms with Crippen molar-refractivity contribution in [1.82, 2.24) is 14.9 Å². The summed E-state index contributed by atoms with van der Waals surface area (Å²) >= 11 is 0. The Kier molecular flexibility index (Phi) is 5.38. The van der Waals surface area contributed by atoms with Gasteiger partial charge in [-0.15, -0.1) is 0 Å². The molecular weight excluding hydrogens is 321 g/mol. The molecule has 128 valence electrons. The SMILES string of the molecule is CN(C)C(=O)CC(Nc1nccc(C(F)(F)F)n1)c1ccccc1. The minimum Gasteiger partial charge on any atom is -0.349 e. The highest BCUT2D eigenvalue weighted by atomic mass is 19.4. The fraction of sp³-hybridized carbons (Fsp3) is 0.312. The summed E-state index contributed by atoms with van der Waals surface area (Å²) in [5.74, 6) is -0.339. The zero-order chi connectivity index (χ0) is 17.7. The van der Waals surface area contributed by atoms with Gasteiger partial charge in [0.15, 0.2) is 0 Å². The van der Waals surface area contributed by atoms with E-state index in [1.807, 2.05) is 6.07 Å². The van der Waals surface area contributed by atoms with Crippen LogP contribution in [-0.2, 0) is 11.0 Å². The van der Waals surface area contributed by atoms with E-state index in [0.717, 1.165) is 17.8 Å². The van der Waals surface area contributed by atoms with E-state index in [9.17, 15) is 18.0 Å². The van der Waals surface area contributed by atoms with Crippen LogP contribution in [0.5, 0.6) is 0 Å². The molecule has 5 nitrogen and oxygen atoms in total. The Labute approximate surface area is 137 Å². The third kappa shape index (κ3) is 4.68. The van der Waals surface area contributed by atoms with Gasteiger partial charge in [0.1, 0.15) is 5.69 Å². The number of benzene rings is 1. The van der Waals surface area contributed by atoms with Crippen molar-refractivity contribution < 1.29 is 18.0 Å². The van der Waals surface area contributed by atoms with Gasteiger partial charge in [-0.3, -0.25) is 4.79 Å². The van der Waals surface area contributed by atoms with Gasteiger partial charge < -0.3 is 10.2 Å². The number of rotatable bonds is 5. The Hall–Kier alpha value is -2.64. The fourth-order valence-electron chi connectivity index (χ4n) is 2.04. The summed E-state index contributed by atoms with van der Waals surface area (Å²) in [6, 6.07) is 9.23. The molecule has 0 spiro atoms. The van der Waals surface area contributed by atoms with Crippen LogP contribution in [-0.4, -0.2) is 34.9 Å². The highest BCUT2D eigenvalue weighted by Gasteiger charge is 2.33. The van der Waals surface area contributed by atoms with Gasteiger partial charge in [0.05, 0.1) is 12.5 Å². The summed E-state index contributed by atoms with van der Waals surface area (Å²) in [6.45, 7) is 0. The number of carbonyl (C=O) groups excluding carboxylic acids is 1. The van der Waals surface area contributed by atoms with Crippen molar-refractivity contribution in [3.63, 3.8) is 0 Å². The first-order valence-electron chi connectivity index (χ1n) is 7.19. The lowest BCUT2D eigenvalue weighted by molar-refractivity contribution is -0.141. The molecule has 1 atom stereocenters. The first kappa shape index (κ1) is 17.7. The van der Waals surface area contributed by atoms with Gasteiger partial charge in [0.25, 0.3) is 0 Å². The van der Waals surface area contributed by atoms with Gasteiger partial charge in [-0.25, -0.2) is 9.97 Å². The first-order chi connectivity index (χ1) is 11.3. The fourth-order valence-corrected chi connectivity index (χ4v) is 2.04. The summed E-state index contributed by atoms with van der Waals surface area (Å²) in [5.41, 5.74) is -0.278. The quantitative estimate of drug-likeness (QED) is 0.910. The van der Waals surface area contributed by atoms with Crippen molar-refractivity contribution in [1.29, 1.82) is 0 Å². The molecule has 1 aromatic heterocycles. The number of alkyl halides is 3. The summed E-state index contributed by atoms with van der Waals surface area (Å²) in [7, 11) is 3.23. The molecule has 0 fully saturated rings. The van der Waals surface area contributed by atoms with Crippen molar-refractivity contribution in [3.05, 3.63) is 53.9 Å². The zero-order valence-electron chi connectivity index (χ0n) is 13.2. The standard InChI is InChI=1S/C16H17F3N4O/c1-23(2)14(24)10-12(11-6-4-3-5-7-11)21-15-20-9-8-13(22-15)16(17,18)19/h3-9,12H,10H2,1-2H3,(H,20,21,22). The number of halogens is 3. The van der Waals surface area contributed by atoms with Crippen molar-refractivity contribution in [3.8, 4) is 0 Å². The minimum absolute atomic E-state index is 0.0661.